The molecule has 1 aromatic rings. The fourth-order valence-electron chi connectivity index (χ4n) is 1.01. The van der Waals surface area contributed by atoms with Crippen molar-refractivity contribution in [3.05, 3.63) is 18.3 Å². The topological polar surface area (TPSA) is 51.3 Å². The van der Waals surface area contributed by atoms with Crippen LogP contribution in [0.4, 0.5) is 0 Å². The van der Waals surface area contributed by atoms with E-state index in [4.69, 9.17) is 9.05 Å². The first-order valence-corrected chi connectivity index (χ1v) is 5.80. The highest BCUT2D eigenvalue weighted by molar-refractivity contribution is 7.61. The Bertz CT molecular complexity index is 274. The van der Waals surface area contributed by atoms with Crippen molar-refractivity contribution >= 4 is 13.0 Å². The molecule has 0 amide bonds. The SMILES string of the molecule is CCOP(=O)(OCC)c1ccc[nH]1. The average Bonchev–Trinajstić information content (AvgIpc) is 2.57. The first-order chi connectivity index (χ1) is 6.23. The lowest BCUT2D eigenvalue weighted by atomic mass is 10.7. The molecule has 13 heavy (non-hydrogen) atoms. The molecule has 0 aliphatic heterocycles. The number of nitrogens with one attached hydrogen (secondary N) is 1. The van der Waals surface area contributed by atoms with E-state index in [1.54, 1.807) is 32.2 Å². The number of aromatic amines is 1. The summed E-state index contributed by atoms with van der Waals surface area (Å²) in [5.41, 5.74) is 0.510. The lowest BCUT2D eigenvalue weighted by Gasteiger charge is -2.14. The second-order valence-electron chi connectivity index (χ2n) is 2.39. The van der Waals surface area contributed by atoms with Gasteiger partial charge >= 0.3 is 7.60 Å². The molecule has 0 radical (unpaired) electrons. The van der Waals surface area contributed by atoms with Gasteiger partial charge in [0.05, 0.1) is 13.2 Å². The fourth-order valence-corrected chi connectivity index (χ4v) is 2.54. The van der Waals surface area contributed by atoms with Crippen molar-refractivity contribution in [1.29, 1.82) is 0 Å². The molecule has 0 bridgehead atoms. The van der Waals surface area contributed by atoms with E-state index in [2.05, 4.69) is 4.98 Å². The van der Waals surface area contributed by atoms with Crippen molar-refractivity contribution in [2.75, 3.05) is 13.2 Å². The minimum Gasteiger partial charge on any atom is -0.355 e. The van der Waals surface area contributed by atoms with Crippen molar-refractivity contribution in [2.24, 2.45) is 0 Å². The van der Waals surface area contributed by atoms with E-state index in [1.807, 2.05) is 0 Å². The molecule has 5 heteroatoms. The minimum absolute atomic E-state index is 0.371. The third kappa shape index (κ3) is 2.44. The summed E-state index contributed by atoms with van der Waals surface area (Å²) in [5, 5.41) is 0. The summed E-state index contributed by atoms with van der Waals surface area (Å²) in [7, 11) is -3.08. The van der Waals surface area contributed by atoms with Gasteiger partial charge in [0.25, 0.3) is 0 Å². The van der Waals surface area contributed by atoms with Gasteiger partial charge in [-0.05, 0) is 26.0 Å². The second-order valence-corrected chi connectivity index (χ2v) is 4.38. The maximum atomic E-state index is 12.0. The summed E-state index contributed by atoms with van der Waals surface area (Å²) in [4.78, 5) is 2.83. The molecule has 0 fully saturated rings. The third-order valence-corrected chi connectivity index (χ3v) is 3.54. The summed E-state index contributed by atoms with van der Waals surface area (Å²) in [6.07, 6.45) is 1.69. The Morgan fingerprint density at radius 3 is 2.38 bits per heavy atom. The molecule has 1 N–H and O–H groups in total. The van der Waals surface area contributed by atoms with Gasteiger partial charge in [-0.3, -0.25) is 4.57 Å². The van der Waals surface area contributed by atoms with E-state index in [0.717, 1.165) is 0 Å². The van der Waals surface area contributed by atoms with Gasteiger partial charge in [-0.25, -0.2) is 0 Å². The number of aromatic nitrogens is 1. The Hall–Kier alpha value is -0.570. The molecule has 1 aromatic heterocycles. The van der Waals surface area contributed by atoms with Gasteiger partial charge < -0.3 is 14.0 Å². The first kappa shape index (κ1) is 10.5. The molecular formula is C8H14NO3P. The molecule has 0 aliphatic rings. The zero-order chi connectivity index (χ0) is 9.73. The van der Waals surface area contributed by atoms with Crippen LogP contribution >= 0.6 is 7.60 Å². The standard InChI is InChI=1S/C8H14NO3P/c1-3-11-13(10,12-4-2)8-6-5-7-9-8/h5-7,9H,3-4H2,1-2H3. The highest BCUT2D eigenvalue weighted by Gasteiger charge is 2.27. The van der Waals surface area contributed by atoms with Crippen LogP contribution in [0.1, 0.15) is 13.8 Å². The first-order valence-electron chi connectivity index (χ1n) is 4.26. The Labute approximate surface area is 77.8 Å². The predicted octanol–water partition coefficient (Wildman–Crippen LogP) is 1.91. The van der Waals surface area contributed by atoms with E-state index >= 15 is 0 Å². The van der Waals surface area contributed by atoms with Crippen LogP contribution in [-0.2, 0) is 13.6 Å². The van der Waals surface area contributed by atoms with Crippen LogP contribution in [0.3, 0.4) is 0 Å². The molecular weight excluding hydrogens is 189 g/mol. The van der Waals surface area contributed by atoms with Crippen LogP contribution in [0, 0.1) is 0 Å². The van der Waals surface area contributed by atoms with Gasteiger partial charge in [-0.2, -0.15) is 0 Å². The molecule has 0 unspecified atom stereocenters. The minimum atomic E-state index is -3.08. The Morgan fingerprint density at radius 2 is 2.00 bits per heavy atom. The van der Waals surface area contributed by atoms with E-state index in [1.165, 1.54) is 0 Å². The van der Waals surface area contributed by atoms with Gasteiger partial charge in [-0.15, -0.1) is 0 Å². The zero-order valence-corrected chi connectivity index (χ0v) is 8.71. The quantitative estimate of drug-likeness (QED) is 0.743. The van der Waals surface area contributed by atoms with Gasteiger partial charge in [0, 0.05) is 6.20 Å². The summed E-state index contributed by atoms with van der Waals surface area (Å²) in [6.45, 7) is 4.32. The highest BCUT2D eigenvalue weighted by Crippen LogP contribution is 2.45. The Kier molecular flexibility index (Phi) is 3.72. The zero-order valence-electron chi connectivity index (χ0n) is 7.82. The summed E-state index contributed by atoms with van der Waals surface area (Å²) < 4.78 is 22.2. The third-order valence-electron chi connectivity index (χ3n) is 1.47. The molecule has 1 rings (SSSR count). The summed E-state index contributed by atoms with van der Waals surface area (Å²) in [5.74, 6) is 0. The molecule has 0 aromatic carbocycles. The lowest BCUT2D eigenvalue weighted by Crippen LogP contribution is -2.10. The molecule has 0 atom stereocenters. The smallest absolute Gasteiger partial charge is 0.355 e. The van der Waals surface area contributed by atoms with Gasteiger partial charge in [-0.1, -0.05) is 0 Å². The molecule has 1 heterocycles. The largest absolute Gasteiger partial charge is 0.377 e. The molecule has 0 spiro atoms. The molecule has 0 aliphatic carbocycles. The fraction of sp³-hybridized carbons (Fsp3) is 0.500. The normalized spacial score (nSPS) is 11.8. The van der Waals surface area contributed by atoms with E-state index in [-0.39, 0.29) is 0 Å². The number of rotatable bonds is 5. The second kappa shape index (κ2) is 4.61. The maximum absolute atomic E-state index is 12.0. The van der Waals surface area contributed by atoms with Gasteiger partial charge in [0.15, 0.2) is 0 Å². The lowest BCUT2D eigenvalue weighted by molar-refractivity contribution is 0.229. The monoisotopic (exact) mass is 203 g/mol. The van der Waals surface area contributed by atoms with Crippen LogP contribution in [0.25, 0.3) is 0 Å². The van der Waals surface area contributed by atoms with Crippen molar-refractivity contribution < 1.29 is 13.6 Å². The predicted molar refractivity (Wildman–Crippen MR) is 51.3 cm³/mol. The van der Waals surface area contributed by atoms with Crippen molar-refractivity contribution in [2.45, 2.75) is 13.8 Å². The van der Waals surface area contributed by atoms with E-state index in [0.29, 0.717) is 18.6 Å². The van der Waals surface area contributed by atoms with Crippen LogP contribution < -0.4 is 5.44 Å². The summed E-state index contributed by atoms with van der Waals surface area (Å²) in [6, 6.07) is 3.46. The Balaban J connectivity index is 2.85. The van der Waals surface area contributed by atoms with Crippen LogP contribution in [-0.4, -0.2) is 18.2 Å². The van der Waals surface area contributed by atoms with Gasteiger partial charge in [0.1, 0.15) is 5.44 Å². The van der Waals surface area contributed by atoms with Crippen molar-refractivity contribution in [3.63, 3.8) is 0 Å². The number of H-pyrrole nitrogens is 1. The van der Waals surface area contributed by atoms with Crippen LogP contribution in [0.2, 0.25) is 0 Å². The number of hydrogen-bond acceptors (Lipinski definition) is 3. The van der Waals surface area contributed by atoms with E-state index in [9.17, 15) is 4.57 Å². The molecule has 0 saturated carbocycles. The molecule has 4 nitrogen and oxygen atoms in total. The number of hydrogen-bond donors (Lipinski definition) is 1. The molecule has 74 valence electrons. The summed E-state index contributed by atoms with van der Waals surface area (Å²) >= 11 is 0. The van der Waals surface area contributed by atoms with Crippen molar-refractivity contribution in [1.82, 2.24) is 4.98 Å². The van der Waals surface area contributed by atoms with E-state index < -0.39 is 7.60 Å². The molecule has 0 saturated heterocycles. The van der Waals surface area contributed by atoms with Crippen LogP contribution in [0.5, 0.6) is 0 Å². The average molecular weight is 203 g/mol. The van der Waals surface area contributed by atoms with Crippen molar-refractivity contribution in [3.8, 4) is 0 Å². The Morgan fingerprint density at radius 1 is 1.38 bits per heavy atom. The highest BCUT2D eigenvalue weighted by atomic mass is 31.2. The van der Waals surface area contributed by atoms with Gasteiger partial charge in [0.2, 0.25) is 0 Å². The maximum Gasteiger partial charge on any atom is 0.377 e. The van der Waals surface area contributed by atoms with Crippen LogP contribution in [0.15, 0.2) is 18.3 Å².